The van der Waals surface area contributed by atoms with E-state index in [0.717, 1.165) is 41.8 Å². The Labute approximate surface area is 198 Å². The fourth-order valence-corrected chi connectivity index (χ4v) is 6.14. The van der Waals surface area contributed by atoms with Crippen LogP contribution >= 0.6 is 22.7 Å². The largest absolute Gasteiger partial charge is 0.504 e. The van der Waals surface area contributed by atoms with Crippen molar-refractivity contribution in [2.45, 2.75) is 13.3 Å². The molecule has 2 aromatic heterocycles. The van der Waals surface area contributed by atoms with E-state index in [4.69, 9.17) is 9.47 Å². The van der Waals surface area contributed by atoms with Crippen LogP contribution in [0.1, 0.15) is 11.1 Å². The maximum Gasteiger partial charge on any atom is 0.307 e. The molecule has 4 aromatic rings. The average Bonchev–Trinajstić information content (AvgIpc) is 3.37. The Morgan fingerprint density at radius 2 is 1.33 bits per heavy atom. The number of methoxy groups -OCH3 is 2. The number of carboxylic acid groups (broad SMARTS) is 1. The number of phenolic OH excluding ortho intramolecular Hbond substituents is 2. The van der Waals surface area contributed by atoms with E-state index in [2.05, 4.69) is 6.07 Å². The van der Waals surface area contributed by atoms with Gasteiger partial charge in [0, 0.05) is 19.5 Å². The van der Waals surface area contributed by atoms with Crippen LogP contribution in [0.2, 0.25) is 0 Å². The van der Waals surface area contributed by atoms with Gasteiger partial charge in [-0.1, -0.05) is 0 Å². The maximum atomic E-state index is 11.6. The van der Waals surface area contributed by atoms with Crippen molar-refractivity contribution in [3.8, 4) is 53.6 Å². The van der Waals surface area contributed by atoms with Gasteiger partial charge in [0.05, 0.1) is 20.6 Å². The molecule has 8 heteroatoms. The molecule has 0 saturated carbocycles. The van der Waals surface area contributed by atoms with E-state index in [0.29, 0.717) is 11.5 Å². The Morgan fingerprint density at radius 1 is 0.818 bits per heavy atom. The fourth-order valence-electron chi connectivity index (χ4n) is 3.57. The molecule has 2 aromatic carbocycles. The van der Waals surface area contributed by atoms with Crippen molar-refractivity contribution in [3.63, 3.8) is 0 Å². The molecule has 0 unspecified atom stereocenters. The molecule has 0 radical (unpaired) electrons. The van der Waals surface area contributed by atoms with Gasteiger partial charge in [0.2, 0.25) is 0 Å². The van der Waals surface area contributed by atoms with E-state index in [1.54, 1.807) is 41.7 Å². The highest BCUT2D eigenvalue weighted by atomic mass is 32.1. The summed E-state index contributed by atoms with van der Waals surface area (Å²) in [6.07, 6.45) is -0.0965. The first-order chi connectivity index (χ1) is 15.8. The summed E-state index contributed by atoms with van der Waals surface area (Å²) in [5, 5.41) is 29.3. The zero-order valence-corrected chi connectivity index (χ0v) is 19.8. The Morgan fingerprint density at radius 3 is 1.85 bits per heavy atom. The maximum absolute atomic E-state index is 11.6. The van der Waals surface area contributed by atoms with Gasteiger partial charge >= 0.3 is 5.97 Å². The standard InChI is InChI=1S/C25H22O6S2/c1-13-8-21(14-4-6-17(26)19(9-14)30-2)32-24(13)25-16(12-23(28)29)11-22(33-25)15-5-7-18(27)20(10-15)31-3/h4-11,26-27H,12H2,1-3H3,(H,28,29). The Hall–Kier alpha value is -3.49. The molecule has 0 aliphatic carbocycles. The normalized spacial score (nSPS) is 10.9. The fraction of sp³-hybridized carbons (Fsp3) is 0.160. The van der Waals surface area contributed by atoms with Gasteiger partial charge in [0.25, 0.3) is 0 Å². The smallest absolute Gasteiger partial charge is 0.307 e. The van der Waals surface area contributed by atoms with Gasteiger partial charge in [-0.25, -0.2) is 0 Å². The molecule has 0 spiro atoms. The lowest BCUT2D eigenvalue weighted by Gasteiger charge is -2.05. The molecule has 170 valence electrons. The van der Waals surface area contributed by atoms with Crippen LogP contribution in [0.25, 0.3) is 30.6 Å². The van der Waals surface area contributed by atoms with Crippen LogP contribution in [-0.2, 0) is 11.2 Å². The molecular weight excluding hydrogens is 460 g/mol. The van der Waals surface area contributed by atoms with E-state index >= 15 is 0 Å². The van der Waals surface area contributed by atoms with E-state index in [-0.39, 0.29) is 17.9 Å². The Kier molecular flexibility index (Phi) is 6.31. The highest BCUT2D eigenvalue weighted by molar-refractivity contribution is 7.25. The molecule has 0 aliphatic heterocycles. The SMILES string of the molecule is COc1cc(-c2cc(C)c(-c3sc(-c4ccc(O)c(OC)c4)cc3CC(=O)O)s2)ccc1O. The molecule has 0 saturated heterocycles. The summed E-state index contributed by atoms with van der Waals surface area (Å²) in [6.45, 7) is 2.00. The number of aromatic hydroxyl groups is 2. The van der Waals surface area contributed by atoms with Crippen molar-refractivity contribution in [3.05, 3.63) is 59.7 Å². The van der Waals surface area contributed by atoms with Crippen molar-refractivity contribution in [1.82, 2.24) is 0 Å². The van der Waals surface area contributed by atoms with Crippen molar-refractivity contribution < 1.29 is 29.6 Å². The lowest BCUT2D eigenvalue weighted by atomic mass is 10.1. The highest BCUT2D eigenvalue weighted by Gasteiger charge is 2.20. The lowest BCUT2D eigenvalue weighted by molar-refractivity contribution is -0.136. The molecule has 6 nitrogen and oxygen atoms in total. The predicted molar refractivity (Wildman–Crippen MR) is 131 cm³/mol. The van der Waals surface area contributed by atoms with Gasteiger partial charge in [-0.3, -0.25) is 4.79 Å². The molecule has 0 fully saturated rings. The predicted octanol–water partition coefficient (Wildman–Crippen LogP) is 6.17. The van der Waals surface area contributed by atoms with Gasteiger partial charge in [-0.05, 0) is 77.7 Å². The minimum Gasteiger partial charge on any atom is -0.504 e. The van der Waals surface area contributed by atoms with Crippen LogP contribution in [0, 0.1) is 6.92 Å². The number of rotatable bonds is 7. The molecule has 4 rings (SSSR count). The number of aliphatic carboxylic acids is 1. The number of benzene rings is 2. The lowest BCUT2D eigenvalue weighted by Crippen LogP contribution is -1.99. The first-order valence-corrected chi connectivity index (χ1v) is 11.6. The van der Waals surface area contributed by atoms with Crippen LogP contribution in [0.3, 0.4) is 0 Å². The second-order valence-electron chi connectivity index (χ2n) is 7.43. The van der Waals surface area contributed by atoms with Gasteiger partial charge in [0.1, 0.15) is 0 Å². The van der Waals surface area contributed by atoms with E-state index in [1.807, 2.05) is 19.1 Å². The van der Waals surface area contributed by atoms with Gasteiger partial charge in [0.15, 0.2) is 23.0 Å². The summed E-state index contributed by atoms with van der Waals surface area (Å²) < 4.78 is 10.5. The number of phenols is 2. The van der Waals surface area contributed by atoms with Crippen molar-refractivity contribution >= 4 is 28.6 Å². The third kappa shape index (κ3) is 4.53. The van der Waals surface area contributed by atoms with Crippen molar-refractivity contribution in [2.24, 2.45) is 0 Å². The third-order valence-electron chi connectivity index (χ3n) is 5.20. The molecule has 0 amide bonds. The second kappa shape index (κ2) is 9.17. The second-order valence-corrected chi connectivity index (χ2v) is 9.54. The van der Waals surface area contributed by atoms with Crippen LogP contribution in [-0.4, -0.2) is 35.5 Å². The van der Waals surface area contributed by atoms with Crippen LogP contribution < -0.4 is 9.47 Å². The minimum atomic E-state index is -0.901. The number of hydrogen-bond acceptors (Lipinski definition) is 7. The Balaban J connectivity index is 1.81. The number of ether oxygens (including phenoxy) is 2. The number of aryl methyl sites for hydroxylation is 1. The molecule has 3 N–H and O–H groups in total. The number of hydrogen-bond donors (Lipinski definition) is 3. The van der Waals surface area contributed by atoms with Crippen LogP contribution in [0.15, 0.2) is 48.5 Å². The van der Waals surface area contributed by atoms with Crippen molar-refractivity contribution in [2.75, 3.05) is 14.2 Å². The highest BCUT2D eigenvalue weighted by Crippen LogP contribution is 2.46. The summed E-state index contributed by atoms with van der Waals surface area (Å²) in [5.41, 5.74) is 3.51. The number of thiophene rings is 2. The third-order valence-corrected chi connectivity index (χ3v) is 7.88. The molecule has 0 aliphatic rings. The first-order valence-electron chi connectivity index (χ1n) is 10.0. The Bertz CT molecular complexity index is 1330. The summed E-state index contributed by atoms with van der Waals surface area (Å²) in [6, 6.07) is 14.2. The monoisotopic (exact) mass is 482 g/mol. The first kappa shape index (κ1) is 22.7. The summed E-state index contributed by atoms with van der Waals surface area (Å²) in [4.78, 5) is 15.4. The summed E-state index contributed by atoms with van der Waals surface area (Å²) in [7, 11) is 3.00. The van der Waals surface area contributed by atoms with Gasteiger partial charge in [-0.15, -0.1) is 22.7 Å². The topological polar surface area (TPSA) is 96.2 Å². The quantitative estimate of drug-likeness (QED) is 0.291. The van der Waals surface area contributed by atoms with Crippen LogP contribution in [0.5, 0.6) is 23.0 Å². The molecule has 2 heterocycles. The average molecular weight is 483 g/mol. The van der Waals surface area contributed by atoms with E-state index in [1.165, 1.54) is 25.6 Å². The number of carbonyl (C=O) groups is 1. The zero-order valence-electron chi connectivity index (χ0n) is 18.2. The van der Waals surface area contributed by atoms with Crippen molar-refractivity contribution in [1.29, 1.82) is 0 Å². The van der Waals surface area contributed by atoms with E-state index in [9.17, 15) is 20.1 Å². The van der Waals surface area contributed by atoms with E-state index < -0.39 is 5.97 Å². The molecule has 0 bridgehead atoms. The van der Waals surface area contributed by atoms with Gasteiger partial charge in [-0.2, -0.15) is 0 Å². The molecular formula is C25H22O6S2. The zero-order chi connectivity index (χ0) is 23.7. The number of carboxylic acids is 1. The van der Waals surface area contributed by atoms with Crippen LogP contribution in [0.4, 0.5) is 0 Å². The van der Waals surface area contributed by atoms with Gasteiger partial charge < -0.3 is 24.8 Å². The summed E-state index contributed by atoms with van der Waals surface area (Å²) >= 11 is 3.08. The molecule has 0 atom stereocenters. The summed E-state index contributed by atoms with van der Waals surface area (Å²) in [5.74, 6) is -0.0244. The molecule has 33 heavy (non-hydrogen) atoms. The minimum absolute atomic E-state index is 0.0480.